The first-order valence-electron chi connectivity index (χ1n) is 9.97. The van der Waals surface area contributed by atoms with Crippen LogP contribution < -0.4 is 15.4 Å². The van der Waals surface area contributed by atoms with Crippen LogP contribution in [0.4, 0.5) is 10.5 Å². The summed E-state index contributed by atoms with van der Waals surface area (Å²) >= 11 is 0. The normalized spacial score (nSPS) is 14.4. The molecule has 0 aliphatic carbocycles. The molecule has 3 rings (SSSR count). The number of pyridine rings is 1. The van der Waals surface area contributed by atoms with Gasteiger partial charge in [0.2, 0.25) is 0 Å². The quantitative estimate of drug-likeness (QED) is 0.809. The zero-order valence-corrected chi connectivity index (χ0v) is 17.2. The topological polar surface area (TPSA) is 83.6 Å². The molecule has 7 heteroatoms. The summed E-state index contributed by atoms with van der Waals surface area (Å²) in [7, 11) is 1.59. The summed E-state index contributed by atoms with van der Waals surface area (Å²) in [5.74, 6) is 0.640. The van der Waals surface area contributed by atoms with Crippen LogP contribution in [-0.4, -0.2) is 48.6 Å². The van der Waals surface area contributed by atoms with Gasteiger partial charge in [0.05, 0.1) is 18.4 Å². The Labute approximate surface area is 171 Å². The minimum Gasteiger partial charge on any atom is -0.497 e. The highest BCUT2D eigenvalue weighted by molar-refractivity contribution is 6.05. The van der Waals surface area contributed by atoms with Crippen molar-refractivity contribution in [3.05, 3.63) is 53.3 Å². The zero-order chi connectivity index (χ0) is 20.8. The fraction of sp³-hybridized carbons (Fsp3) is 0.409. The summed E-state index contributed by atoms with van der Waals surface area (Å²) in [5.41, 5.74) is 2.94. The van der Waals surface area contributed by atoms with E-state index in [2.05, 4.69) is 10.6 Å². The SMILES string of the molecule is CCNC(=O)N1CCC(c2nc(C)ccc2C(=O)Nc2cccc(OC)c2)CC1. The summed E-state index contributed by atoms with van der Waals surface area (Å²) < 4.78 is 5.22. The number of amides is 3. The Bertz CT molecular complexity index is 876. The average molecular weight is 396 g/mol. The van der Waals surface area contributed by atoms with E-state index in [1.165, 1.54) is 0 Å². The van der Waals surface area contributed by atoms with Crippen molar-refractivity contribution in [1.29, 1.82) is 0 Å². The molecule has 0 radical (unpaired) electrons. The molecule has 0 saturated carbocycles. The first kappa shape index (κ1) is 20.6. The second kappa shape index (κ2) is 9.41. The van der Waals surface area contributed by atoms with Gasteiger partial charge in [-0.1, -0.05) is 6.07 Å². The van der Waals surface area contributed by atoms with Crippen LogP contribution in [-0.2, 0) is 0 Å². The molecule has 0 unspecified atom stereocenters. The first-order chi connectivity index (χ1) is 14.0. The Balaban J connectivity index is 1.76. The minimum atomic E-state index is -0.188. The number of methoxy groups -OCH3 is 1. The number of piperidine rings is 1. The van der Waals surface area contributed by atoms with E-state index >= 15 is 0 Å². The molecule has 0 atom stereocenters. The van der Waals surface area contributed by atoms with E-state index in [4.69, 9.17) is 9.72 Å². The summed E-state index contributed by atoms with van der Waals surface area (Å²) in [6.45, 7) is 5.77. The van der Waals surface area contributed by atoms with Crippen molar-refractivity contribution in [3.8, 4) is 5.75 Å². The molecule has 29 heavy (non-hydrogen) atoms. The van der Waals surface area contributed by atoms with Gasteiger partial charge in [0.15, 0.2) is 0 Å². The van der Waals surface area contributed by atoms with Crippen LogP contribution >= 0.6 is 0 Å². The molecular formula is C22H28N4O3. The van der Waals surface area contributed by atoms with Gasteiger partial charge in [0, 0.05) is 43.0 Å². The molecule has 154 valence electrons. The van der Waals surface area contributed by atoms with Gasteiger partial charge in [-0.3, -0.25) is 9.78 Å². The second-order valence-electron chi connectivity index (χ2n) is 7.17. The maximum atomic E-state index is 13.0. The largest absolute Gasteiger partial charge is 0.497 e. The summed E-state index contributed by atoms with van der Waals surface area (Å²) in [6.07, 6.45) is 1.57. The molecule has 0 bridgehead atoms. The van der Waals surface area contributed by atoms with Crippen LogP contribution in [0.3, 0.4) is 0 Å². The number of hydrogen-bond donors (Lipinski definition) is 2. The van der Waals surface area contributed by atoms with Crippen molar-refractivity contribution >= 4 is 17.6 Å². The lowest BCUT2D eigenvalue weighted by atomic mass is 9.90. The predicted molar refractivity (Wildman–Crippen MR) is 113 cm³/mol. The van der Waals surface area contributed by atoms with E-state index in [-0.39, 0.29) is 17.9 Å². The third-order valence-corrected chi connectivity index (χ3v) is 5.13. The lowest BCUT2D eigenvalue weighted by molar-refractivity contribution is 0.102. The summed E-state index contributed by atoms with van der Waals surface area (Å²) in [4.78, 5) is 31.6. The number of carbonyl (C=O) groups excluding carboxylic acids is 2. The molecule has 1 aromatic heterocycles. The molecular weight excluding hydrogens is 368 g/mol. The van der Waals surface area contributed by atoms with Crippen LogP contribution in [0.1, 0.15) is 47.4 Å². The average Bonchev–Trinajstić information content (AvgIpc) is 2.74. The maximum absolute atomic E-state index is 13.0. The van der Waals surface area contributed by atoms with Crippen molar-refractivity contribution in [2.24, 2.45) is 0 Å². The molecule has 1 aliphatic heterocycles. The maximum Gasteiger partial charge on any atom is 0.317 e. The van der Waals surface area contributed by atoms with Gasteiger partial charge in [-0.2, -0.15) is 0 Å². The van der Waals surface area contributed by atoms with Crippen LogP contribution in [0.15, 0.2) is 36.4 Å². The fourth-order valence-electron chi connectivity index (χ4n) is 3.60. The number of anilines is 1. The van der Waals surface area contributed by atoms with E-state index in [0.717, 1.165) is 24.2 Å². The number of aromatic nitrogens is 1. The predicted octanol–water partition coefficient (Wildman–Crippen LogP) is 3.56. The molecule has 1 fully saturated rings. The standard InChI is InChI=1S/C22H28N4O3/c1-4-23-22(28)26-12-10-16(11-13-26)20-19(9-8-15(2)24-20)21(27)25-17-6-5-7-18(14-17)29-3/h5-9,14,16H,4,10-13H2,1-3H3,(H,23,28)(H,25,27). The van der Waals surface area contributed by atoms with Crippen molar-refractivity contribution in [1.82, 2.24) is 15.2 Å². The highest BCUT2D eigenvalue weighted by Gasteiger charge is 2.27. The van der Waals surface area contributed by atoms with Gasteiger partial charge in [-0.25, -0.2) is 4.79 Å². The zero-order valence-electron chi connectivity index (χ0n) is 17.2. The van der Waals surface area contributed by atoms with E-state index in [1.54, 1.807) is 13.2 Å². The van der Waals surface area contributed by atoms with Gasteiger partial charge in [-0.05, 0) is 51.0 Å². The molecule has 2 aromatic rings. The molecule has 2 N–H and O–H groups in total. The van der Waals surface area contributed by atoms with E-state index < -0.39 is 0 Å². The molecule has 3 amide bonds. The first-order valence-corrected chi connectivity index (χ1v) is 9.97. The Morgan fingerprint density at radius 3 is 2.66 bits per heavy atom. The number of aryl methyl sites for hydroxylation is 1. The number of benzene rings is 1. The molecule has 1 saturated heterocycles. The number of ether oxygens (including phenoxy) is 1. The number of urea groups is 1. The highest BCUT2D eigenvalue weighted by atomic mass is 16.5. The second-order valence-corrected chi connectivity index (χ2v) is 7.17. The van der Waals surface area contributed by atoms with E-state index in [1.807, 2.05) is 49.1 Å². The number of nitrogens with one attached hydrogen (secondary N) is 2. The third-order valence-electron chi connectivity index (χ3n) is 5.13. The van der Waals surface area contributed by atoms with Crippen LogP contribution in [0, 0.1) is 6.92 Å². The summed E-state index contributed by atoms with van der Waals surface area (Å²) in [5, 5.41) is 5.78. The third kappa shape index (κ3) is 5.04. The van der Waals surface area contributed by atoms with E-state index in [0.29, 0.717) is 36.6 Å². The smallest absolute Gasteiger partial charge is 0.317 e. The molecule has 1 aliphatic rings. The molecule has 1 aromatic carbocycles. The number of hydrogen-bond acceptors (Lipinski definition) is 4. The number of carbonyl (C=O) groups is 2. The van der Waals surface area contributed by atoms with Crippen molar-refractivity contribution in [2.45, 2.75) is 32.6 Å². The van der Waals surface area contributed by atoms with Crippen molar-refractivity contribution < 1.29 is 14.3 Å². The number of rotatable bonds is 5. The number of nitrogens with zero attached hydrogens (tertiary/aromatic N) is 2. The summed E-state index contributed by atoms with van der Waals surface area (Å²) in [6, 6.07) is 10.9. The monoisotopic (exact) mass is 396 g/mol. The Morgan fingerprint density at radius 2 is 1.97 bits per heavy atom. The number of likely N-dealkylation sites (tertiary alicyclic amines) is 1. The van der Waals surface area contributed by atoms with Gasteiger partial charge in [-0.15, -0.1) is 0 Å². The minimum absolute atomic E-state index is 0.0286. The van der Waals surface area contributed by atoms with Gasteiger partial charge in [0.25, 0.3) is 5.91 Å². The lowest BCUT2D eigenvalue weighted by Crippen LogP contribution is -2.44. The van der Waals surface area contributed by atoms with Gasteiger partial charge in [0.1, 0.15) is 5.75 Å². The van der Waals surface area contributed by atoms with Crippen molar-refractivity contribution in [3.63, 3.8) is 0 Å². The Morgan fingerprint density at radius 1 is 1.21 bits per heavy atom. The van der Waals surface area contributed by atoms with Crippen LogP contribution in [0.5, 0.6) is 5.75 Å². The Kier molecular flexibility index (Phi) is 6.69. The van der Waals surface area contributed by atoms with Gasteiger partial charge >= 0.3 is 6.03 Å². The molecule has 2 heterocycles. The van der Waals surface area contributed by atoms with Crippen LogP contribution in [0.2, 0.25) is 0 Å². The Hall–Kier alpha value is -3.09. The van der Waals surface area contributed by atoms with Crippen LogP contribution in [0.25, 0.3) is 0 Å². The van der Waals surface area contributed by atoms with Crippen molar-refractivity contribution in [2.75, 3.05) is 32.1 Å². The molecule has 0 spiro atoms. The molecule has 7 nitrogen and oxygen atoms in total. The highest BCUT2D eigenvalue weighted by Crippen LogP contribution is 2.30. The fourth-order valence-corrected chi connectivity index (χ4v) is 3.60. The lowest BCUT2D eigenvalue weighted by Gasteiger charge is -2.32. The van der Waals surface area contributed by atoms with E-state index in [9.17, 15) is 9.59 Å². The van der Waals surface area contributed by atoms with Gasteiger partial charge < -0.3 is 20.3 Å².